The van der Waals surface area contributed by atoms with Crippen molar-refractivity contribution < 1.29 is 8.85 Å². The van der Waals surface area contributed by atoms with Crippen LogP contribution in [0.15, 0.2) is 0 Å². The van der Waals surface area contributed by atoms with Gasteiger partial charge < -0.3 is 8.85 Å². The minimum Gasteiger partial charge on any atom is -0.394 e. The number of rotatable bonds is 41. The first-order valence-corrected chi connectivity index (χ1v) is 24.3. The number of unbranched alkanes of at least 4 members (excludes halogenated alkanes) is 33. The summed E-state index contributed by atoms with van der Waals surface area (Å²) in [7, 11) is -2.02. The Morgan fingerprint density at radius 1 is 0.239 bits per heavy atom. The van der Waals surface area contributed by atoms with E-state index >= 15 is 0 Å². The Morgan fingerprint density at radius 2 is 0.413 bits per heavy atom. The van der Waals surface area contributed by atoms with Crippen molar-refractivity contribution in [2.24, 2.45) is 0 Å². The highest BCUT2D eigenvalue weighted by Crippen LogP contribution is 2.27. The summed E-state index contributed by atoms with van der Waals surface area (Å²) in [5.41, 5.74) is 0. The molecule has 0 amide bonds. The molecule has 0 saturated carbocycles. The van der Waals surface area contributed by atoms with Crippen molar-refractivity contribution in [3.63, 3.8) is 0 Å². The van der Waals surface area contributed by atoms with Gasteiger partial charge in [0.1, 0.15) is 0 Å². The van der Waals surface area contributed by atoms with E-state index in [1.54, 1.807) is 0 Å². The molecular weight excluding hydrogens is 577 g/mol. The van der Waals surface area contributed by atoms with E-state index in [2.05, 4.69) is 27.7 Å². The smallest absolute Gasteiger partial charge is 0.338 e. The van der Waals surface area contributed by atoms with Crippen LogP contribution in [0.3, 0.4) is 0 Å². The lowest BCUT2D eigenvalue weighted by Crippen LogP contribution is -2.42. The molecule has 0 N–H and O–H groups in total. The zero-order chi connectivity index (χ0) is 33.5. The standard InChI is InChI=1S/C43H90O2Si/c1-5-9-11-13-15-17-19-21-23-25-27-29-31-33-35-37-39-41-43-46(44-7-3,45-8-4)42-40-38-36-34-32-30-28-26-24-22-20-18-16-14-12-10-6-2/h5-43H2,1-4H3. The molecule has 0 fully saturated rings. The summed E-state index contributed by atoms with van der Waals surface area (Å²) in [6.07, 6.45) is 50.3. The fourth-order valence-corrected chi connectivity index (χ4v) is 10.9. The van der Waals surface area contributed by atoms with Crippen molar-refractivity contribution in [2.75, 3.05) is 13.2 Å². The molecule has 0 rings (SSSR count). The monoisotopic (exact) mass is 667 g/mol. The fraction of sp³-hybridized carbons (Fsp3) is 1.00. The Balaban J connectivity index is 3.69. The van der Waals surface area contributed by atoms with Gasteiger partial charge in [-0.25, -0.2) is 0 Å². The van der Waals surface area contributed by atoms with Crippen LogP contribution in [0.5, 0.6) is 0 Å². The van der Waals surface area contributed by atoms with Gasteiger partial charge in [0.25, 0.3) is 0 Å². The van der Waals surface area contributed by atoms with Crippen LogP contribution in [0.4, 0.5) is 0 Å². The van der Waals surface area contributed by atoms with Crippen LogP contribution in [0, 0.1) is 0 Å². The topological polar surface area (TPSA) is 18.5 Å². The van der Waals surface area contributed by atoms with Crippen molar-refractivity contribution in [3.05, 3.63) is 0 Å². The molecule has 278 valence electrons. The summed E-state index contributed by atoms with van der Waals surface area (Å²) in [6, 6.07) is 2.43. The van der Waals surface area contributed by atoms with E-state index in [1.807, 2.05) is 0 Å². The summed E-state index contributed by atoms with van der Waals surface area (Å²) < 4.78 is 12.9. The van der Waals surface area contributed by atoms with Gasteiger partial charge in [-0.05, 0) is 25.9 Å². The lowest BCUT2D eigenvalue weighted by Gasteiger charge is -2.30. The van der Waals surface area contributed by atoms with E-state index in [0.717, 1.165) is 13.2 Å². The quantitative estimate of drug-likeness (QED) is 0.0477. The predicted molar refractivity (Wildman–Crippen MR) is 212 cm³/mol. The maximum Gasteiger partial charge on any atom is 0.338 e. The van der Waals surface area contributed by atoms with Gasteiger partial charge in [0, 0.05) is 13.2 Å². The molecular formula is C43H90O2Si. The maximum absolute atomic E-state index is 6.45. The Labute approximate surface area is 294 Å². The Hall–Kier alpha value is 0.137. The molecule has 0 spiro atoms. The van der Waals surface area contributed by atoms with Crippen LogP contribution in [-0.4, -0.2) is 21.8 Å². The van der Waals surface area contributed by atoms with Crippen LogP contribution in [0.2, 0.25) is 12.1 Å². The fourth-order valence-electron chi connectivity index (χ4n) is 7.40. The van der Waals surface area contributed by atoms with Crippen LogP contribution in [0.1, 0.15) is 252 Å². The highest BCUT2D eigenvalue weighted by molar-refractivity contribution is 6.67. The average Bonchev–Trinajstić information content (AvgIpc) is 3.06. The molecule has 46 heavy (non-hydrogen) atoms. The zero-order valence-corrected chi connectivity index (χ0v) is 33.9. The number of hydrogen-bond acceptors (Lipinski definition) is 2. The third-order valence-corrected chi connectivity index (χ3v) is 14.2. The SMILES string of the molecule is CCCCCCCCCCCCCCCCCCCC[Si](CCCCCCCCCCCCCCCCCCC)(OCC)OCC. The molecule has 0 aromatic rings. The van der Waals surface area contributed by atoms with Crippen LogP contribution in [0.25, 0.3) is 0 Å². The molecule has 0 bridgehead atoms. The molecule has 0 aromatic carbocycles. The van der Waals surface area contributed by atoms with E-state index < -0.39 is 8.56 Å². The Morgan fingerprint density at radius 3 is 0.587 bits per heavy atom. The maximum atomic E-state index is 6.45. The first-order chi connectivity index (χ1) is 22.7. The molecule has 0 saturated heterocycles. The van der Waals surface area contributed by atoms with E-state index in [-0.39, 0.29) is 0 Å². The second-order valence-corrected chi connectivity index (χ2v) is 18.3. The molecule has 3 heteroatoms. The van der Waals surface area contributed by atoms with Crippen LogP contribution >= 0.6 is 0 Å². The molecule has 0 atom stereocenters. The van der Waals surface area contributed by atoms with Gasteiger partial charge in [0.05, 0.1) is 0 Å². The van der Waals surface area contributed by atoms with Crippen LogP contribution in [-0.2, 0) is 8.85 Å². The van der Waals surface area contributed by atoms with Gasteiger partial charge >= 0.3 is 8.56 Å². The minimum atomic E-state index is -2.02. The molecule has 2 nitrogen and oxygen atoms in total. The van der Waals surface area contributed by atoms with Gasteiger partial charge in [-0.3, -0.25) is 0 Å². The highest BCUT2D eigenvalue weighted by Gasteiger charge is 2.35. The zero-order valence-electron chi connectivity index (χ0n) is 32.9. The average molecular weight is 667 g/mol. The van der Waals surface area contributed by atoms with Crippen molar-refractivity contribution in [1.29, 1.82) is 0 Å². The van der Waals surface area contributed by atoms with Crippen molar-refractivity contribution in [2.45, 2.75) is 265 Å². The van der Waals surface area contributed by atoms with Gasteiger partial charge in [0.15, 0.2) is 0 Å². The molecule has 0 heterocycles. The Kier molecular flexibility index (Phi) is 39.7. The van der Waals surface area contributed by atoms with Gasteiger partial charge in [-0.15, -0.1) is 0 Å². The summed E-state index contributed by atoms with van der Waals surface area (Å²) >= 11 is 0. The lowest BCUT2D eigenvalue weighted by atomic mass is 10.0. The van der Waals surface area contributed by atoms with Crippen molar-refractivity contribution in [3.8, 4) is 0 Å². The van der Waals surface area contributed by atoms with E-state index in [0.29, 0.717) is 0 Å². The molecule has 0 aliphatic carbocycles. The minimum absolute atomic E-state index is 0.824. The third kappa shape index (κ3) is 34.0. The molecule has 0 unspecified atom stereocenters. The van der Waals surface area contributed by atoms with E-state index in [4.69, 9.17) is 8.85 Å². The van der Waals surface area contributed by atoms with Crippen LogP contribution < -0.4 is 0 Å². The summed E-state index contributed by atoms with van der Waals surface area (Å²) in [6.45, 7) is 10.6. The van der Waals surface area contributed by atoms with E-state index in [1.165, 1.54) is 237 Å². The number of hydrogen-bond donors (Lipinski definition) is 0. The Bertz CT molecular complexity index is 533. The second kappa shape index (κ2) is 39.6. The first-order valence-electron chi connectivity index (χ1n) is 22.0. The molecule has 0 aliphatic rings. The largest absolute Gasteiger partial charge is 0.394 e. The van der Waals surface area contributed by atoms with Crippen molar-refractivity contribution in [1.82, 2.24) is 0 Å². The van der Waals surface area contributed by atoms with Crippen molar-refractivity contribution >= 4 is 8.56 Å². The molecule has 0 aliphatic heterocycles. The lowest BCUT2D eigenvalue weighted by molar-refractivity contribution is 0.180. The summed E-state index contributed by atoms with van der Waals surface area (Å²) in [4.78, 5) is 0. The third-order valence-electron chi connectivity index (χ3n) is 10.4. The highest BCUT2D eigenvalue weighted by atomic mass is 28.4. The molecule has 0 aromatic heterocycles. The predicted octanol–water partition coefficient (Wildman–Crippen LogP) is 16.2. The van der Waals surface area contributed by atoms with E-state index in [9.17, 15) is 0 Å². The normalized spacial score (nSPS) is 12.0. The summed E-state index contributed by atoms with van der Waals surface area (Å²) in [5, 5.41) is 0. The van der Waals surface area contributed by atoms with Gasteiger partial charge in [-0.2, -0.15) is 0 Å². The second-order valence-electron chi connectivity index (χ2n) is 14.9. The summed E-state index contributed by atoms with van der Waals surface area (Å²) in [5.74, 6) is 0. The van der Waals surface area contributed by atoms with Gasteiger partial charge in [0.2, 0.25) is 0 Å². The molecule has 0 radical (unpaired) electrons. The van der Waals surface area contributed by atoms with Gasteiger partial charge in [-0.1, -0.05) is 239 Å². The first kappa shape index (κ1) is 46.1.